The van der Waals surface area contributed by atoms with Gasteiger partial charge in [-0.15, -0.1) is 23.5 Å². The van der Waals surface area contributed by atoms with E-state index in [-0.39, 0.29) is 23.9 Å². The molecule has 2 aliphatic rings. The van der Waals surface area contributed by atoms with Gasteiger partial charge in [0.1, 0.15) is 22.9 Å². The highest BCUT2D eigenvalue weighted by molar-refractivity contribution is 8.06. The van der Waals surface area contributed by atoms with E-state index >= 15 is 0 Å². The molecule has 2 aliphatic heterocycles. The summed E-state index contributed by atoms with van der Waals surface area (Å²) < 4.78 is 0. The van der Waals surface area contributed by atoms with Gasteiger partial charge < -0.3 is 16.2 Å². The molecule has 2 amide bonds. The molecule has 0 radical (unpaired) electrons. The minimum atomic E-state index is -1.16. The normalized spacial score (nSPS) is 19.1. The minimum absolute atomic E-state index is 0.0245. The molecule has 0 aliphatic carbocycles. The number of fused-ring (bicyclic) bond motifs is 1. The van der Waals surface area contributed by atoms with Crippen LogP contribution in [0.4, 0.5) is 0 Å². The Morgan fingerprint density at radius 2 is 1.89 bits per heavy atom. The first-order valence-corrected chi connectivity index (χ1v) is 13.8. The highest BCUT2D eigenvalue weighted by Crippen LogP contribution is 2.45. The maximum absolute atomic E-state index is 12.9. The first-order chi connectivity index (χ1) is 16.8. The largest absolute Gasteiger partial charge is 0.477 e. The van der Waals surface area contributed by atoms with Crippen molar-refractivity contribution in [1.29, 1.82) is 5.41 Å². The first kappa shape index (κ1) is 25.2. The van der Waals surface area contributed by atoms with Gasteiger partial charge in [0, 0.05) is 21.3 Å². The van der Waals surface area contributed by atoms with E-state index in [0.717, 1.165) is 16.0 Å². The number of carbonyl (C=O) groups excluding carboxylic acids is 2. The smallest absolute Gasteiger partial charge is 0.353 e. The molecule has 11 heteroatoms. The average Bonchev–Trinajstić information content (AvgIpc) is 2.83. The molecule has 0 aromatic heterocycles. The highest BCUT2D eigenvalue weighted by Gasteiger charge is 2.54. The number of amides is 2. The molecule has 35 heavy (non-hydrogen) atoms. The summed E-state index contributed by atoms with van der Waals surface area (Å²) in [4.78, 5) is 40.4. The lowest BCUT2D eigenvalue weighted by Gasteiger charge is -2.49. The van der Waals surface area contributed by atoms with Crippen molar-refractivity contribution in [2.75, 3.05) is 11.5 Å². The maximum Gasteiger partial charge on any atom is 0.353 e. The summed E-state index contributed by atoms with van der Waals surface area (Å²) in [5.41, 5.74) is 7.27. The predicted molar refractivity (Wildman–Crippen MR) is 140 cm³/mol. The number of amidine groups is 1. The Bertz CT molecular complexity index is 1190. The number of aliphatic carboxylic acids is 1. The highest BCUT2D eigenvalue weighted by atomic mass is 32.2. The molecule has 1 fully saturated rings. The van der Waals surface area contributed by atoms with Gasteiger partial charge in [0.25, 0.3) is 5.91 Å². The minimum Gasteiger partial charge on any atom is -0.477 e. The van der Waals surface area contributed by atoms with E-state index in [1.165, 1.54) is 40.2 Å². The lowest BCUT2D eigenvalue weighted by atomic mass is 10.0. The number of thioether (sulfide) groups is 3. The van der Waals surface area contributed by atoms with Crippen LogP contribution in [0.1, 0.15) is 11.1 Å². The topological polar surface area (TPSA) is 137 Å². The van der Waals surface area contributed by atoms with E-state index in [4.69, 9.17) is 11.1 Å². The molecule has 2 atom stereocenters. The molecule has 0 bridgehead atoms. The van der Waals surface area contributed by atoms with Crippen molar-refractivity contribution in [2.24, 2.45) is 5.73 Å². The summed E-state index contributed by atoms with van der Waals surface area (Å²) >= 11 is 4.30. The van der Waals surface area contributed by atoms with Crippen LogP contribution in [0, 0.1) is 5.41 Å². The number of carboxylic acids is 1. The number of nitrogens with one attached hydrogen (secondary N) is 2. The Morgan fingerprint density at radius 3 is 2.60 bits per heavy atom. The van der Waals surface area contributed by atoms with Crippen LogP contribution < -0.4 is 11.1 Å². The molecule has 182 valence electrons. The van der Waals surface area contributed by atoms with Gasteiger partial charge in [0.15, 0.2) is 0 Å². The van der Waals surface area contributed by atoms with E-state index in [0.29, 0.717) is 22.2 Å². The van der Waals surface area contributed by atoms with Crippen LogP contribution in [0.15, 0.2) is 70.1 Å². The third-order valence-corrected chi connectivity index (χ3v) is 9.08. The van der Waals surface area contributed by atoms with Crippen LogP contribution in [-0.4, -0.2) is 56.5 Å². The molecular formula is C24H24N4O4S3. The zero-order chi connectivity index (χ0) is 24.9. The third kappa shape index (κ3) is 5.85. The van der Waals surface area contributed by atoms with Gasteiger partial charge in [-0.25, -0.2) is 4.79 Å². The molecule has 0 spiro atoms. The number of nitrogens with zero attached hydrogens (tertiary/aromatic N) is 1. The lowest BCUT2D eigenvalue weighted by molar-refractivity contribution is -0.150. The summed E-state index contributed by atoms with van der Waals surface area (Å²) in [5.74, 6) is -0.278. The molecule has 0 saturated carbocycles. The zero-order valence-corrected chi connectivity index (χ0v) is 21.1. The molecule has 8 nitrogen and oxygen atoms in total. The summed E-state index contributed by atoms with van der Waals surface area (Å²) in [7, 11) is 0. The van der Waals surface area contributed by atoms with E-state index in [2.05, 4.69) is 5.32 Å². The Kier molecular flexibility index (Phi) is 8.09. The predicted octanol–water partition coefficient (Wildman–Crippen LogP) is 2.89. The number of hydrogen-bond donors (Lipinski definition) is 4. The second kappa shape index (κ2) is 11.2. The number of hydrogen-bond acceptors (Lipinski definition) is 7. The van der Waals surface area contributed by atoms with E-state index in [9.17, 15) is 19.5 Å². The Balaban J connectivity index is 1.47. The van der Waals surface area contributed by atoms with Crippen molar-refractivity contribution in [1.82, 2.24) is 10.2 Å². The van der Waals surface area contributed by atoms with Crippen molar-refractivity contribution in [2.45, 2.75) is 28.5 Å². The van der Waals surface area contributed by atoms with Gasteiger partial charge in [-0.3, -0.25) is 19.9 Å². The second-order valence-electron chi connectivity index (χ2n) is 7.92. The van der Waals surface area contributed by atoms with Gasteiger partial charge in [-0.2, -0.15) is 0 Å². The number of benzene rings is 2. The fourth-order valence-electron chi connectivity index (χ4n) is 3.80. The fourth-order valence-corrected chi connectivity index (χ4v) is 7.29. The number of carbonyl (C=O) groups is 3. The van der Waals surface area contributed by atoms with Gasteiger partial charge in [0.2, 0.25) is 5.91 Å². The van der Waals surface area contributed by atoms with Crippen LogP contribution in [0.25, 0.3) is 0 Å². The third-order valence-electron chi connectivity index (χ3n) is 5.38. The quantitative estimate of drug-likeness (QED) is 0.210. The van der Waals surface area contributed by atoms with Gasteiger partial charge >= 0.3 is 5.97 Å². The Hall–Kier alpha value is -2.89. The summed E-state index contributed by atoms with van der Waals surface area (Å²) in [6.45, 7) is 0. The fraction of sp³-hybridized carbons (Fsp3) is 0.250. The number of nitrogens with two attached hydrogens (primary N) is 1. The molecule has 4 rings (SSSR count). The summed E-state index contributed by atoms with van der Waals surface area (Å²) in [5, 5.41) is 19.7. The first-order valence-electron chi connectivity index (χ1n) is 10.8. The van der Waals surface area contributed by atoms with E-state index in [1.54, 1.807) is 0 Å². The van der Waals surface area contributed by atoms with Crippen molar-refractivity contribution >= 4 is 58.9 Å². The van der Waals surface area contributed by atoms with Crippen LogP contribution in [0.2, 0.25) is 0 Å². The van der Waals surface area contributed by atoms with Crippen molar-refractivity contribution < 1.29 is 19.5 Å². The van der Waals surface area contributed by atoms with Gasteiger partial charge in [0.05, 0.1) is 12.2 Å². The summed E-state index contributed by atoms with van der Waals surface area (Å²) in [6, 6.07) is 16.2. The maximum atomic E-state index is 12.9. The zero-order valence-electron chi connectivity index (χ0n) is 18.6. The number of rotatable bonds is 10. The van der Waals surface area contributed by atoms with Crippen molar-refractivity contribution in [3.05, 3.63) is 76.3 Å². The lowest BCUT2D eigenvalue weighted by Crippen LogP contribution is -2.70. The molecule has 0 unspecified atom stereocenters. The van der Waals surface area contributed by atoms with Crippen LogP contribution in [-0.2, 0) is 26.6 Å². The molecule has 2 aromatic carbocycles. The average molecular weight is 529 g/mol. The van der Waals surface area contributed by atoms with Gasteiger partial charge in [-0.1, -0.05) is 60.3 Å². The standard InChI is InChI=1S/C24H24N4O4S3/c25-18(26)13-33-11-15-8-4-5-9-16(15)35-17-12-34-23-20(22(30)28(23)21(17)24(31)32)27-19(29)10-14-6-2-1-3-7-14/h1-9,20,23H,10-13H2,(H3,25,26)(H,27,29)(H,31,32)/t20-,23+/m1/s1. The van der Waals surface area contributed by atoms with Crippen LogP contribution in [0.5, 0.6) is 0 Å². The SMILES string of the molecule is N=C(N)CSCc1ccccc1SC1=C(C(=O)O)N2C(=O)[C@@H](NC(=O)Cc3ccccc3)[C@@H]2SC1. The number of β-lactam (4-membered cyclic amide) rings is 1. The molecule has 5 N–H and O–H groups in total. The van der Waals surface area contributed by atoms with Crippen molar-refractivity contribution in [3.63, 3.8) is 0 Å². The molecule has 2 heterocycles. The molecule has 2 aromatic rings. The Morgan fingerprint density at radius 1 is 1.17 bits per heavy atom. The molecule has 1 saturated heterocycles. The van der Waals surface area contributed by atoms with E-state index < -0.39 is 23.3 Å². The van der Waals surface area contributed by atoms with Crippen LogP contribution >= 0.6 is 35.3 Å². The van der Waals surface area contributed by atoms with E-state index in [1.807, 2.05) is 54.6 Å². The van der Waals surface area contributed by atoms with Crippen LogP contribution in [0.3, 0.4) is 0 Å². The number of carboxylic acid groups (broad SMARTS) is 1. The van der Waals surface area contributed by atoms with Gasteiger partial charge in [-0.05, 0) is 17.2 Å². The molecular weight excluding hydrogens is 504 g/mol. The van der Waals surface area contributed by atoms with Crippen molar-refractivity contribution in [3.8, 4) is 0 Å². The second-order valence-corrected chi connectivity index (χ2v) is 11.1. The monoisotopic (exact) mass is 528 g/mol. The Labute approximate surface area is 215 Å². The summed E-state index contributed by atoms with van der Waals surface area (Å²) in [6.07, 6.45) is 0.156.